The number of aromatic nitrogens is 1. The molecule has 1 fully saturated rings. The lowest BCUT2D eigenvalue weighted by molar-refractivity contribution is -0.117. The first kappa shape index (κ1) is 16.4. The molecule has 23 heavy (non-hydrogen) atoms. The average molecular weight is 353 g/mol. The Balaban J connectivity index is 1.48. The van der Waals surface area contributed by atoms with E-state index in [0.717, 1.165) is 25.7 Å². The smallest absolute Gasteiger partial charge is 0.224 e. The minimum absolute atomic E-state index is 0.0588. The van der Waals surface area contributed by atoms with Gasteiger partial charge in [-0.25, -0.2) is 9.37 Å². The summed E-state index contributed by atoms with van der Waals surface area (Å²) in [6, 6.07) is 4.31. The van der Waals surface area contributed by atoms with Crippen molar-refractivity contribution in [3.63, 3.8) is 0 Å². The highest BCUT2D eigenvalue weighted by Gasteiger charge is 2.25. The third kappa shape index (κ3) is 4.30. The Bertz CT molecular complexity index is 669. The van der Waals surface area contributed by atoms with Crippen LogP contribution in [0.2, 0.25) is 5.02 Å². The van der Waals surface area contributed by atoms with Gasteiger partial charge in [0.2, 0.25) is 5.91 Å². The maximum Gasteiger partial charge on any atom is 0.224 e. The second kappa shape index (κ2) is 7.41. The fraction of sp³-hybridized carbons (Fsp3) is 0.412. The van der Waals surface area contributed by atoms with Crippen molar-refractivity contribution in [3.05, 3.63) is 45.6 Å². The zero-order valence-corrected chi connectivity index (χ0v) is 14.2. The molecule has 0 spiro atoms. The molecule has 3 nitrogen and oxygen atoms in total. The summed E-state index contributed by atoms with van der Waals surface area (Å²) >= 11 is 7.35. The van der Waals surface area contributed by atoms with Crippen LogP contribution < -0.4 is 5.32 Å². The number of rotatable bonds is 4. The van der Waals surface area contributed by atoms with E-state index in [1.165, 1.54) is 17.1 Å². The molecule has 122 valence electrons. The molecule has 0 aliphatic heterocycles. The van der Waals surface area contributed by atoms with Crippen LogP contribution in [-0.2, 0) is 4.79 Å². The molecule has 1 aromatic carbocycles. The van der Waals surface area contributed by atoms with Crippen molar-refractivity contribution in [2.45, 2.75) is 38.0 Å². The molecule has 3 rings (SSSR count). The number of anilines is 1. The van der Waals surface area contributed by atoms with Crippen LogP contribution >= 0.6 is 22.9 Å². The Morgan fingerprint density at radius 1 is 1.35 bits per heavy atom. The van der Waals surface area contributed by atoms with Crippen molar-refractivity contribution in [2.24, 2.45) is 5.92 Å². The minimum atomic E-state index is -0.520. The van der Waals surface area contributed by atoms with Gasteiger partial charge in [-0.2, -0.15) is 0 Å². The first-order valence-corrected chi connectivity index (χ1v) is 9.02. The molecule has 0 unspecified atom stereocenters. The number of benzene rings is 1. The molecule has 1 aliphatic rings. The SMILES string of the molecule is O=C(C[C@H]1CC[C@@H](c2nccs2)CC1)Nc1ccc(Cl)c(F)c1. The number of nitrogens with one attached hydrogen (secondary N) is 1. The van der Waals surface area contributed by atoms with E-state index in [4.69, 9.17) is 11.6 Å². The monoisotopic (exact) mass is 352 g/mol. The summed E-state index contributed by atoms with van der Waals surface area (Å²) in [5, 5.41) is 6.03. The van der Waals surface area contributed by atoms with Gasteiger partial charge in [0.05, 0.1) is 10.0 Å². The van der Waals surface area contributed by atoms with E-state index in [2.05, 4.69) is 10.3 Å². The first-order chi connectivity index (χ1) is 11.1. The van der Waals surface area contributed by atoms with E-state index in [9.17, 15) is 9.18 Å². The van der Waals surface area contributed by atoms with Gasteiger partial charge in [0.1, 0.15) is 5.82 Å². The Morgan fingerprint density at radius 3 is 2.78 bits per heavy atom. The van der Waals surface area contributed by atoms with Crippen molar-refractivity contribution in [1.82, 2.24) is 4.98 Å². The van der Waals surface area contributed by atoms with E-state index < -0.39 is 5.82 Å². The molecular weight excluding hydrogens is 335 g/mol. The standard InChI is InChI=1S/C17H18ClFN2OS/c18-14-6-5-13(10-15(14)19)21-16(22)9-11-1-3-12(4-2-11)17-20-7-8-23-17/h5-8,10-12H,1-4,9H2,(H,21,22)/t11-,12+. The third-order valence-electron chi connectivity index (χ3n) is 4.32. The maximum absolute atomic E-state index is 13.4. The van der Waals surface area contributed by atoms with Crippen LogP contribution in [0.3, 0.4) is 0 Å². The van der Waals surface area contributed by atoms with E-state index in [1.54, 1.807) is 17.4 Å². The average Bonchev–Trinajstić information content (AvgIpc) is 3.06. The third-order valence-corrected chi connectivity index (χ3v) is 5.57. The van der Waals surface area contributed by atoms with Crippen molar-refractivity contribution >= 4 is 34.5 Å². The normalized spacial score (nSPS) is 21.1. The zero-order valence-electron chi connectivity index (χ0n) is 12.6. The zero-order chi connectivity index (χ0) is 16.2. The summed E-state index contributed by atoms with van der Waals surface area (Å²) < 4.78 is 13.4. The Hall–Kier alpha value is -1.46. The van der Waals surface area contributed by atoms with Crippen LogP contribution in [0.15, 0.2) is 29.8 Å². The summed E-state index contributed by atoms with van der Waals surface area (Å²) in [6.45, 7) is 0. The topological polar surface area (TPSA) is 42.0 Å². The Kier molecular flexibility index (Phi) is 5.28. The van der Waals surface area contributed by atoms with Crippen LogP contribution in [0, 0.1) is 11.7 Å². The van der Waals surface area contributed by atoms with Gasteiger partial charge >= 0.3 is 0 Å². The van der Waals surface area contributed by atoms with Gasteiger partial charge in [0.15, 0.2) is 0 Å². The predicted molar refractivity (Wildman–Crippen MR) is 91.5 cm³/mol. The van der Waals surface area contributed by atoms with Gasteiger partial charge in [-0.15, -0.1) is 11.3 Å². The largest absolute Gasteiger partial charge is 0.326 e. The highest BCUT2D eigenvalue weighted by atomic mass is 35.5. The molecular formula is C17H18ClFN2OS. The van der Waals surface area contributed by atoms with Crippen molar-refractivity contribution in [2.75, 3.05) is 5.32 Å². The van der Waals surface area contributed by atoms with Crippen LogP contribution in [0.25, 0.3) is 0 Å². The van der Waals surface area contributed by atoms with E-state index >= 15 is 0 Å². The van der Waals surface area contributed by atoms with Crippen LogP contribution in [0.1, 0.15) is 43.0 Å². The fourth-order valence-electron chi connectivity index (χ4n) is 3.10. The number of hydrogen-bond donors (Lipinski definition) is 1. The van der Waals surface area contributed by atoms with Gasteiger partial charge < -0.3 is 5.32 Å². The number of amides is 1. The van der Waals surface area contributed by atoms with Crippen LogP contribution in [-0.4, -0.2) is 10.9 Å². The lowest BCUT2D eigenvalue weighted by atomic mass is 9.80. The number of carbonyl (C=O) groups excluding carboxylic acids is 1. The number of hydrogen-bond acceptors (Lipinski definition) is 3. The van der Waals surface area contributed by atoms with Crippen molar-refractivity contribution in [3.8, 4) is 0 Å². The summed E-state index contributed by atoms with van der Waals surface area (Å²) in [4.78, 5) is 16.5. The minimum Gasteiger partial charge on any atom is -0.326 e. The molecule has 1 heterocycles. The van der Waals surface area contributed by atoms with E-state index in [-0.39, 0.29) is 10.9 Å². The molecule has 1 aromatic heterocycles. The molecule has 0 bridgehead atoms. The van der Waals surface area contributed by atoms with E-state index in [0.29, 0.717) is 23.9 Å². The molecule has 1 saturated carbocycles. The number of carbonyl (C=O) groups is 1. The number of halogens is 2. The van der Waals surface area contributed by atoms with Gasteiger partial charge in [0.25, 0.3) is 0 Å². The quantitative estimate of drug-likeness (QED) is 0.817. The second-order valence-electron chi connectivity index (χ2n) is 5.97. The summed E-state index contributed by atoms with van der Waals surface area (Å²) in [5.74, 6) is 0.348. The van der Waals surface area contributed by atoms with Gasteiger partial charge in [-0.1, -0.05) is 11.6 Å². The highest BCUT2D eigenvalue weighted by molar-refractivity contribution is 7.09. The van der Waals surface area contributed by atoms with Gasteiger partial charge in [0, 0.05) is 29.6 Å². The summed E-state index contributed by atoms with van der Waals surface area (Å²) in [7, 11) is 0. The molecule has 1 aliphatic carbocycles. The van der Waals surface area contributed by atoms with E-state index in [1.807, 2.05) is 11.6 Å². The summed E-state index contributed by atoms with van der Waals surface area (Å²) in [6.07, 6.45) is 6.57. The van der Waals surface area contributed by atoms with Gasteiger partial charge in [-0.3, -0.25) is 4.79 Å². The highest BCUT2D eigenvalue weighted by Crippen LogP contribution is 2.37. The second-order valence-corrected chi connectivity index (χ2v) is 7.30. The van der Waals surface area contributed by atoms with Crippen molar-refractivity contribution < 1.29 is 9.18 Å². The van der Waals surface area contributed by atoms with Crippen LogP contribution in [0.5, 0.6) is 0 Å². The summed E-state index contributed by atoms with van der Waals surface area (Å²) in [5.41, 5.74) is 0.452. The lowest BCUT2D eigenvalue weighted by Crippen LogP contribution is -2.20. The number of thiazole rings is 1. The molecule has 1 N–H and O–H groups in total. The Labute approximate surface area is 143 Å². The number of nitrogens with zero attached hydrogens (tertiary/aromatic N) is 1. The van der Waals surface area contributed by atoms with Crippen LogP contribution in [0.4, 0.5) is 10.1 Å². The maximum atomic E-state index is 13.4. The fourth-order valence-corrected chi connectivity index (χ4v) is 4.03. The molecule has 0 radical (unpaired) electrons. The molecule has 2 aromatic rings. The molecule has 6 heteroatoms. The Morgan fingerprint density at radius 2 is 2.13 bits per heavy atom. The lowest BCUT2D eigenvalue weighted by Gasteiger charge is -2.26. The first-order valence-electron chi connectivity index (χ1n) is 7.76. The van der Waals surface area contributed by atoms with Crippen molar-refractivity contribution in [1.29, 1.82) is 0 Å². The molecule has 0 atom stereocenters. The van der Waals surface area contributed by atoms with Gasteiger partial charge in [-0.05, 0) is 49.8 Å². The molecule has 0 saturated heterocycles. The molecule has 1 amide bonds. The predicted octanol–water partition coefficient (Wildman–Crippen LogP) is 5.24.